The molecule has 29 heavy (non-hydrogen) atoms. The fourth-order valence-corrected chi connectivity index (χ4v) is 3.72. The molecule has 1 fully saturated rings. The van der Waals surface area contributed by atoms with Gasteiger partial charge in [-0.15, -0.1) is 0 Å². The highest BCUT2D eigenvalue weighted by Gasteiger charge is 2.33. The summed E-state index contributed by atoms with van der Waals surface area (Å²) < 4.78 is 16.5. The third-order valence-electron chi connectivity index (χ3n) is 5.16. The van der Waals surface area contributed by atoms with E-state index in [9.17, 15) is 4.79 Å². The van der Waals surface area contributed by atoms with Crippen molar-refractivity contribution in [3.63, 3.8) is 0 Å². The number of hydrogen-bond acceptors (Lipinski definition) is 6. The molecule has 150 valence electrons. The molecule has 2 heterocycles. The van der Waals surface area contributed by atoms with Crippen molar-refractivity contribution in [1.82, 2.24) is 15.0 Å². The zero-order valence-electron chi connectivity index (χ0n) is 16.5. The summed E-state index contributed by atoms with van der Waals surface area (Å²) in [6.07, 6.45) is 2.73. The standard InChI is InChI=1S/C22H23N3O4/c1-27-17-12-8-13-18(28-2)19(17)20-23-21(29-24-20)16-11-6-7-14-25(16)22(26)15-9-4-3-5-10-15/h3-5,8-10,12-13,16H,6-7,11,14H2,1-2H3. The lowest BCUT2D eigenvalue weighted by Crippen LogP contribution is -2.38. The third-order valence-corrected chi connectivity index (χ3v) is 5.16. The number of amides is 1. The number of carbonyl (C=O) groups is 1. The maximum atomic E-state index is 13.1. The van der Waals surface area contributed by atoms with Crippen LogP contribution < -0.4 is 9.47 Å². The average molecular weight is 393 g/mol. The molecule has 0 radical (unpaired) electrons. The summed E-state index contributed by atoms with van der Waals surface area (Å²) in [5.74, 6) is 1.98. The van der Waals surface area contributed by atoms with E-state index in [1.165, 1.54) is 0 Å². The molecule has 1 unspecified atom stereocenters. The molecule has 0 aliphatic carbocycles. The van der Waals surface area contributed by atoms with E-state index < -0.39 is 0 Å². The second kappa shape index (κ2) is 8.34. The van der Waals surface area contributed by atoms with Crippen molar-refractivity contribution in [3.8, 4) is 22.9 Å². The van der Waals surface area contributed by atoms with Crippen LogP contribution in [0.3, 0.4) is 0 Å². The van der Waals surface area contributed by atoms with Crippen LogP contribution in [0.1, 0.15) is 41.6 Å². The van der Waals surface area contributed by atoms with Crippen LogP contribution in [0.2, 0.25) is 0 Å². The Kier molecular flexibility index (Phi) is 5.46. The summed E-state index contributed by atoms with van der Waals surface area (Å²) in [5, 5.41) is 4.16. The highest BCUT2D eigenvalue weighted by atomic mass is 16.5. The quantitative estimate of drug-likeness (QED) is 0.649. The molecule has 1 amide bonds. The van der Waals surface area contributed by atoms with Gasteiger partial charge in [-0.1, -0.05) is 29.4 Å². The first-order chi connectivity index (χ1) is 14.2. The van der Waals surface area contributed by atoms with Gasteiger partial charge in [0.15, 0.2) is 0 Å². The van der Waals surface area contributed by atoms with Crippen LogP contribution in [-0.4, -0.2) is 41.7 Å². The number of piperidine rings is 1. The van der Waals surface area contributed by atoms with Crippen LogP contribution in [0.15, 0.2) is 53.1 Å². The second-order valence-corrected chi connectivity index (χ2v) is 6.87. The Hall–Kier alpha value is -3.35. The molecule has 3 aromatic rings. The van der Waals surface area contributed by atoms with E-state index in [0.717, 1.165) is 19.3 Å². The van der Waals surface area contributed by atoms with E-state index in [1.807, 2.05) is 53.4 Å². The van der Waals surface area contributed by atoms with E-state index in [4.69, 9.17) is 14.0 Å². The normalized spacial score (nSPS) is 16.5. The number of aromatic nitrogens is 2. The SMILES string of the molecule is COc1cccc(OC)c1-c1noc(C2CCCCN2C(=O)c2ccccc2)n1. The number of nitrogens with zero attached hydrogens (tertiary/aromatic N) is 3. The Morgan fingerprint density at radius 3 is 2.45 bits per heavy atom. The van der Waals surface area contributed by atoms with E-state index in [0.29, 0.717) is 40.9 Å². The molecule has 2 aromatic carbocycles. The van der Waals surface area contributed by atoms with E-state index in [-0.39, 0.29) is 11.9 Å². The first-order valence-corrected chi connectivity index (χ1v) is 9.64. The minimum absolute atomic E-state index is 0.0232. The molecule has 0 bridgehead atoms. The Balaban J connectivity index is 1.67. The van der Waals surface area contributed by atoms with Gasteiger partial charge in [0.1, 0.15) is 23.1 Å². The summed E-state index contributed by atoms with van der Waals surface area (Å²) in [4.78, 5) is 19.5. The molecule has 1 aliphatic rings. The number of rotatable bonds is 5. The van der Waals surface area contributed by atoms with Crippen molar-refractivity contribution in [2.75, 3.05) is 20.8 Å². The molecule has 0 spiro atoms. The van der Waals surface area contributed by atoms with Crippen LogP contribution in [0.25, 0.3) is 11.4 Å². The molecular weight excluding hydrogens is 370 g/mol. The van der Waals surface area contributed by atoms with Gasteiger partial charge < -0.3 is 18.9 Å². The van der Waals surface area contributed by atoms with Crippen LogP contribution >= 0.6 is 0 Å². The van der Waals surface area contributed by atoms with Gasteiger partial charge in [-0.05, 0) is 43.5 Å². The molecule has 4 rings (SSSR count). The molecule has 1 aromatic heterocycles. The van der Waals surface area contributed by atoms with Crippen molar-refractivity contribution in [2.45, 2.75) is 25.3 Å². The topological polar surface area (TPSA) is 77.7 Å². The highest BCUT2D eigenvalue weighted by molar-refractivity contribution is 5.94. The van der Waals surface area contributed by atoms with Gasteiger partial charge in [-0.3, -0.25) is 4.79 Å². The van der Waals surface area contributed by atoms with Crippen molar-refractivity contribution in [2.24, 2.45) is 0 Å². The fraction of sp³-hybridized carbons (Fsp3) is 0.318. The minimum Gasteiger partial charge on any atom is -0.496 e. The first kappa shape index (κ1) is 19.0. The molecule has 7 nitrogen and oxygen atoms in total. The van der Waals surface area contributed by atoms with E-state index in [2.05, 4.69) is 10.1 Å². The maximum absolute atomic E-state index is 13.1. The van der Waals surface area contributed by atoms with Crippen LogP contribution in [-0.2, 0) is 0 Å². The van der Waals surface area contributed by atoms with Crippen LogP contribution in [0, 0.1) is 0 Å². The number of benzene rings is 2. The fourth-order valence-electron chi connectivity index (χ4n) is 3.72. The zero-order valence-corrected chi connectivity index (χ0v) is 16.5. The Morgan fingerprint density at radius 1 is 1.03 bits per heavy atom. The van der Waals surface area contributed by atoms with Crippen molar-refractivity contribution < 1.29 is 18.8 Å². The van der Waals surface area contributed by atoms with Gasteiger partial charge >= 0.3 is 0 Å². The van der Waals surface area contributed by atoms with Crippen molar-refractivity contribution >= 4 is 5.91 Å². The number of hydrogen-bond donors (Lipinski definition) is 0. The number of methoxy groups -OCH3 is 2. The number of likely N-dealkylation sites (tertiary alicyclic amines) is 1. The smallest absolute Gasteiger partial charge is 0.254 e. The summed E-state index contributed by atoms with van der Waals surface area (Å²) in [6, 6.07) is 14.5. The van der Waals surface area contributed by atoms with Gasteiger partial charge in [0.2, 0.25) is 11.7 Å². The maximum Gasteiger partial charge on any atom is 0.254 e. The Morgan fingerprint density at radius 2 is 1.76 bits per heavy atom. The van der Waals surface area contributed by atoms with Crippen molar-refractivity contribution in [1.29, 1.82) is 0 Å². The van der Waals surface area contributed by atoms with Gasteiger partial charge in [0, 0.05) is 12.1 Å². The monoisotopic (exact) mass is 393 g/mol. The lowest BCUT2D eigenvalue weighted by atomic mass is 10.0. The molecule has 0 saturated carbocycles. The molecule has 1 atom stereocenters. The summed E-state index contributed by atoms with van der Waals surface area (Å²) in [6.45, 7) is 0.661. The number of ether oxygens (including phenoxy) is 2. The van der Waals surface area contributed by atoms with Crippen LogP contribution in [0.5, 0.6) is 11.5 Å². The van der Waals surface area contributed by atoms with Crippen molar-refractivity contribution in [3.05, 3.63) is 60.0 Å². The van der Waals surface area contributed by atoms with E-state index >= 15 is 0 Å². The molecule has 1 saturated heterocycles. The van der Waals surface area contributed by atoms with Gasteiger partial charge in [-0.2, -0.15) is 4.98 Å². The third kappa shape index (κ3) is 3.68. The summed E-state index contributed by atoms with van der Waals surface area (Å²) >= 11 is 0. The predicted octanol–water partition coefficient (Wildman–Crippen LogP) is 4.12. The number of carbonyl (C=O) groups excluding carboxylic acids is 1. The van der Waals surface area contributed by atoms with Crippen LogP contribution in [0.4, 0.5) is 0 Å². The summed E-state index contributed by atoms with van der Waals surface area (Å²) in [7, 11) is 3.17. The largest absolute Gasteiger partial charge is 0.496 e. The summed E-state index contributed by atoms with van der Waals surface area (Å²) in [5.41, 5.74) is 1.29. The molecule has 0 N–H and O–H groups in total. The lowest BCUT2D eigenvalue weighted by molar-refractivity contribution is 0.0561. The molecule has 1 aliphatic heterocycles. The van der Waals surface area contributed by atoms with E-state index in [1.54, 1.807) is 14.2 Å². The Bertz CT molecular complexity index is 964. The molecule has 7 heteroatoms. The highest BCUT2D eigenvalue weighted by Crippen LogP contribution is 2.38. The first-order valence-electron chi connectivity index (χ1n) is 9.64. The van der Waals surface area contributed by atoms with Gasteiger partial charge in [-0.25, -0.2) is 0 Å². The minimum atomic E-state index is -0.251. The predicted molar refractivity (Wildman–Crippen MR) is 107 cm³/mol. The molecular formula is C22H23N3O4. The second-order valence-electron chi connectivity index (χ2n) is 6.87. The lowest BCUT2D eigenvalue weighted by Gasteiger charge is -2.33. The zero-order chi connectivity index (χ0) is 20.2. The van der Waals surface area contributed by atoms with Gasteiger partial charge in [0.25, 0.3) is 5.91 Å². The van der Waals surface area contributed by atoms with Gasteiger partial charge in [0.05, 0.1) is 14.2 Å². The average Bonchev–Trinajstić information content (AvgIpc) is 3.28. The Labute approximate surface area is 169 Å².